The first-order chi connectivity index (χ1) is 9.26. The van der Waals surface area contributed by atoms with E-state index >= 15 is 0 Å². The zero-order chi connectivity index (χ0) is 13.7. The first-order valence-electron chi connectivity index (χ1n) is 6.96. The molecule has 1 aliphatic rings. The number of hydrogen-bond donors (Lipinski definition) is 1. The molecule has 1 saturated heterocycles. The number of amides is 1. The summed E-state index contributed by atoms with van der Waals surface area (Å²) in [6.45, 7) is 3.71. The fraction of sp³-hybridized carbons (Fsp3) is 0.533. The van der Waals surface area contributed by atoms with Crippen molar-refractivity contribution in [3.8, 4) is 0 Å². The molecular weight excluding hydrogens is 240 g/mol. The van der Waals surface area contributed by atoms with Crippen LogP contribution in [-0.2, 0) is 4.79 Å². The average Bonchev–Trinajstić information content (AvgIpc) is 2.49. The van der Waals surface area contributed by atoms with Gasteiger partial charge in [0.15, 0.2) is 0 Å². The average molecular weight is 262 g/mol. The summed E-state index contributed by atoms with van der Waals surface area (Å²) in [6, 6.07) is 10.1. The van der Waals surface area contributed by atoms with Gasteiger partial charge in [-0.05, 0) is 25.0 Å². The molecule has 1 heterocycles. The minimum atomic E-state index is 0.111. The molecule has 104 valence electrons. The summed E-state index contributed by atoms with van der Waals surface area (Å²) in [5.74, 6) is 0.175. The van der Waals surface area contributed by atoms with E-state index in [-0.39, 0.29) is 18.7 Å². The summed E-state index contributed by atoms with van der Waals surface area (Å²) < 4.78 is 0. The molecule has 0 bridgehead atoms. The van der Waals surface area contributed by atoms with Crippen LogP contribution in [-0.4, -0.2) is 41.8 Å². The van der Waals surface area contributed by atoms with Crippen molar-refractivity contribution in [3.63, 3.8) is 0 Å². The van der Waals surface area contributed by atoms with E-state index in [9.17, 15) is 4.79 Å². The summed E-state index contributed by atoms with van der Waals surface area (Å²) >= 11 is 0. The second kappa shape index (κ2) is 6.68. The molecule has 0 atom stereocenters. The van der Waals surface area contributed by atoms with Gasteiger partial charge in [-0.15, -0.1) is 0 Å². The Balaban J connectivity index is 2.13. The Morgan fingerprint density at radius 3 is 2.47 bits per heavy atom. The van der Waals surface area contributed by atoms with Crippen LogP contribution in [0.5, 0.6) is 0 Å². The number of anilines is 1. The molecule has 1 aromatic rings. The Morgan fingerprint density at radius 1 is 1.32 bits per heavy atom. The molecule has 0 aliphatic carbocycles. The third-order valence-corrected chi connectivity index (χ3v) is 3.73. The monoisotopic (exact) mass is 262 g/mol. The van der Waals surface area contributed by atoms with E-state index in [1.165, 1.54) is 0 Å². The molecule has 0 radical (unpaired) electrons. The van der Waals surface area contributed by atoms with Crippen molar-refractivity contribution < 1.29 is 9.90 Å². The molecular formula is C15H22N2O2. The number of benzene rings is 1. The number of piperidine rings is 1. The molecule has 4 nitrogen and oxygen atoms in total. The molecule has 0 saturated carbocycles. The number of nitrogens with zero attached hydrogens (tertiary/aromatic N) is 2. The van der Waals surface area contributed by atoms with Crippen molar-refractivity contribution in [3.05, 3.63) is 30.3 Å². The maximum atomic E-state index is 12.2. The van der Waals surface area contributed by atoms with Gasteiger partial charge in [0.2, 0.25) is 5.91 Å². The molecule has 1 fully saturated rings. The molecule has 0 unspecified atom stereocenters. The predicted octanol–water partition coefficient (Wildman–Crippen LogP) is 1.84. The zero-order valence-corrected chi connectivity index (χ0v) is 11.5. The van der Waals surface area contributed by atoms with E-state index in [0.29, 0.717) is 6.42 Å². The first-order valence-corrected chi connectivity index (χ1v) is 6.96. The van der Waals surface area contributed by atoms with Crippen LogP contribution in [0.1, 0.15) is 26.2 Å². The number of likely N-dealkylation sites (tertiary alicyclic amines) is 1. The lowest BCUT2D eigenvalue weighted by Crippen LogP contribution is -2.47. The van der Waals surface area contributed by atoms with Gasteiger partial charge in [0.1, 0.15) is 0 Å². The number of carbonyl (C=O) groups is 1. The number of aliphatic hydroxyl groups is 1. The van der Waals surface area contributed by atoms with E-state index < -0.39 is 0 Å². The van der Waals surface area contributed by atoms with E-state index in [1.807, 2.05) is 47.1 Å². The van der Waals surface area contributed by atoms with E-state index in [1.54, 1.807) is 0 Å². The van der Waals surface area contributed by atoms with Crippen LogP contribution < -0.4 is 4.90 Å². The minimum absolute atomic E-state index is 0.111. The van der Waals surface area contributed by atoms with Crippen LogP contribution in [0.15, 0.2) is 30.3 Å². The highest BCUT2D eigenvalue weighted by Gasteiger charge is 2.27. The fourth-order valence-corrected chi connectivity index (χ4v) is 2.64. The molecule has 0 aromatic heterocycles. The summed E-state index contributed by atoms with van der Waals surface area (Å²) in [5, 5.41) is 9.13. The van der Waals surface area contributed by atoms with E-state index in [0.717, 1.165) is 31.6 Å². The van der Waals surface area contributed by atoms with Crippen LogP contribution in [0.25, 0.3) is 0 Å². The molecule has 1 N–H and O–H groups in total. The maximum absolute atomic E-state index is 12.2. The second-order valence-electron chi connectivity index (χ2n) is 4.94. The Hall–Kier alpha value is -1.39. The summed E-state index contributed by atoms with van der Waals surface area (Å²) in [4.78, 5) is 16.2. The van der Waals surface area contributed by atoms with Crippen molar-refractivity contribution in [1.82, 2.24) is 4.90 Å². The Bertz CT molecular complexity index is 400. The lowest BCUT2D eigenvalue weighted by Gasteiger charge is -2.37. The normalized spacial score (nSPS) is 17.4. The van der Waals surface area contributed by atoms with Crippen molar-refractivity contribution in [1.29, 1.82) is 0 Å². The van der Waals surface area contributed by atoms with Crippen molar-refractivity contribution in [2.45, 2.75) is 32.2 Å². The quantitative estimate of drug-likeness (QED) is 0.900. The summed E-state index contributed by atoms with van der Waals surface area (Å²) in [6.07, 6.45) is 2.36. The lowest BCUT2D eigenvalue weighted by atomic mass is 10.0. The molecule has 1 amide bonds. The minimum Gasteiger partial charge on any atom is -0.381 e. The molecule has 1 aliphatic heterocycles. The topological polar surface area (TPSA) is 43.8 Å². The molecule has 4 heteroatoms. The maximum Gasteiger partial charge on any atom is 0.226 e. The Labute approximate surface area is 114 Å². The first kappa shape index (κ1) is 14.0. The lowest BCUT2D eigenvalue weighted by molar-refractivity contribution is -0.119. The van der Waals surface area contributed by atoms with Gasteiger partial charge < -0.3 is 10.0 Å². The highest BCUT2D eigenvalue weighted by Crippen LogP contribution is 2.24. The third kappa shape index (κ3) is 3.33. The Kier molecular flexibility index (Phi) is 4.93. The van der Waals surface area contributed by atoms with Gasteiger partial charge in [0.05, 0.1) is 6.73 Å². The number of carbonyl (C=O) groups excluding carboxylic acids is 1. The van der Waals surface area contributed by atoms with E-state index in [2.05, 4.69) is 0 Å². The van der Waals surface area contributed by atoms with Crippen molar-refractivity contribution in [2.24, 2.45) is 0 Å². The second-order valence-corrected chi connectivity index (χ2v) is 4.94. The van der Waals surface area contributed by atoms with Crippen LogP contribution >= 0.6 is 0 Å². The Morgan fingerprint density at radius 2 is 1.95 bits per heavy atom. The van der Waals surface area contributed by atoms with Gasteiger partial charge in [-0.3, -0.25) is 9.69 Å². The van der Waals surface area contributed by atoms with E-state index in [4.69, 9.17) is 5.11 Å². The molecule has 1 aromatic carbocycles. The predicted molar refractivity (Wildman–Crippen MR) is 75.9 cm³/mol. The van der Waals surface area contributed by atoms with Crippen LogP contribution in [0, 0.1) is 0 Å². The fourth-order valence-electron chi connectivity index (χ4n) is 2.64. The molecule has 2 rings (SSSR count). The third-order valence-electron chi connectivity index (χ3n) is 3.73. The number of aliphatic hydroxyl groups excluding tert-OH is 1. The van der Waals surface area contributed by atoms with Crippen LogP contribution in [0.3, 0.4) is 0 Å². The van der Waals surface area contributed by atoms with Gasteiger partial charge in [-0.1, -0.05) is 25.1 Å². The van der Waals surface area contributed by atoms with Gasteiger partial charge >= 0.3 is 0 Å². The zero-order valence-electron chi connectivity index (χ0n) is 11.5. The number of hydrogen-bond acceptors (Lipinski definition) is 3. The van der Waals surface area contributed by atoms with Gasteiger partial charge in [-0.2, -0.15) is 0 Å². The van der Waals surface area contributed by atoms with Gasteiger partial charge in [0.25, 0.3) is 0 Å². The SMILES string of the molecule is CCC(=O)N(c1ccccc1)C1CCN(CO)CC1. The largest absolute Gasteiger partial charge is 0.381 e. The molecule has 19 heavy (non-hydrogen) atoms. The van der Waals surface area contributed by atoms with Crippen LogP contribution in [0.2, 0.25) is 0 Å². The van der Waals surface area contributed by atoms with Crippen molar-refractivity contribution >= 4 is 11.6 Å². The molecule has 0 spiro atoms. The standard InChI is InChI=1S/C15H22N2O2/c1-2-15(19)17(13-6-4-3-5-7-13)14-8-10-16(12-18)11-9-14/h3-7,14,18H,2,8-12H2,1H3. The summed E-state index contributed by atoms with van der Waals surface area (Å²) in [5.41, 5.74) is 0.983. The van der Waals surface area contributed by atoms with Crippen LogP contribution in [0.4, 0.5) is 5.69 Å². The van der Waals surface area contributed by atoms with Gasteiger partial charge in [-0.25, -0.2) is 0 Å². The van der Waals surface area contributed by atoms with Crippen molar-refractivity contribution in [2.75, 3.05) is 24.7 Å². The smallest absolute Gasteiger partial charge is 0.226 e. The highest BCUT2D eigenvalue weighted by atomic mass is 16.3. The highest BCUT2D eigenvalue weighted by molar-refractivity contribution is 5.93. The van der Waals surface area contributed by atoms with Gasteiger partial charge in [0, 0.05) is 31.2 Å². The number of para-hydroxylation sites is 1. The number of rotatable bonds is 4. The summed E-state index contributed by atoms with van der Waals surface area (Å²) in [7, 11) is 0.